The predicted octanol–water partition coefficient (Wildman–Crippen LogP) is 2.01. The maximum Gasteiger partial charge on any atom is 0.415 e. The first kappa shape index (κ1) is 21.8. The lowest BCUT2D eigenvalue weighted by Crippen LogP contribution is -2.51. The number of amides is 2. The molecule has 0 saturated carbocycles. The number of carbonyl (C=O) groups excluding carboxylic acids is 2. The molecule has 30 heavy (non-hydrogen) atoms. The predicted molar refractivity (Wildman–Crippen MR) is 112 cm³/mol. The Labute approximate surface area is 176 Å². The van der Waals surface area contributed by atoms with Crippen LogP contribution in [0.4, 0.5) is 4.79 Å². The van der Waals surface area contributed by atoms with E-state index in [1.807, 2.05) is 13.0 Å². The quantitative estimate of drug-likeness (QED) is 0.755. The number of hydrogen-bond donors (Lipinski definition) is 1. The van der Waals surface area contributed by atoms with Crippen LogP contribution in [0.25, 0.3) is 0 Å². The Morgan fingerprint density at radius 1 is 0.933 bits per heavy atom. The molecule has 0 spiro atoms. The third-order valence-corrected chi connectivity index (χ3v) is 6.28. The first-order valence-electron chi connectivity index (χ1n) is 9.71. The molecule has 1 aliphatic rings. The molecular weight excluding hydrogens is 406 g/mol. The third-order valence-electron chi connectivity index (χ3n) is 4.80. The summed E-state index contributed by atoms with van der Waals surface area (Å²) in [5.74, 6) is 0.319. The maximum atomic E-state index is 12.4. The molecule has 0 atom stereocenters. The summed E-state index contributed by atoms with van der Waals surface area (Å²) in [6.07, 6.45) is -0.390. The van der Waals surface area contributed by atoms with Gasteiger partial charge in [-0.1, -0.05) is 35.9 Å². The first-order valence-corrected chi connectivity index (χ1v) is 11.2. The Morgan fingerprint density at radius 3 is 2.17 bits per heavy atom. The average molecular weight is 432 g/mol. The highest BCUT2D eigenvalue weighted by Gasteiger charge is 2.25. The summed E-state index contributed by atoms with van der Waals surface area (Å²) in [5, 5.41) is 0. The molecule has 2 aromatic carbocycles. The van der Waals surface area contributed by atoms with Gasteiger partial charge in [-0.05, 0) is 31.2 Å². The van der Waals surface area contributed by atoms with E-state index in [1.54, 1.807) is 46.2 Å². The van der Waals surface area contributed by atoms with Gasteiger partial charge in [0.2, 0.25) is 15.9 Å². The van der Waals surface area contributed by atoms with E-state index >= 15 is 0 Å². The minimum Gasteiger partial charge on any atom is -0.410 e. The molecule has 0 radical (unpaired) electrons. The summed E-state index contributed by atoms with van der Waals surface area (Å²) in [4.78, 5) is 28.0. The van der Waals surface area contributed by atoms with E-state index in [1.165, 1.54) is 12.1 Å². The minimum absolute atomic E-state index is 0.0192. The van der Waals surface area contributed by atoms with Crippen molar-refractivity contribution in [2.45, 2.75) is 18.2 Å². The van der Waals surface area contributed by atoms with Crippen molar-refractivity contribution in [2.24, 2.45) is 0 Å². The smallest absolute Gasteiger partial charge is 0.410 e. The number of hydrogen-bond acceptors (Lipinski definition) is 5. The van der Waals surface area contributed by atoms with Gasteiger partial charge in [-0.25, -0.2) is 17.9 Å². The molecule has 0 aliphatic carbocycles. The zero-order valence-corrected chi connectivity index (χ0v) is 17.6. The number of sulfonamides is 1. The van der Waals surface area contributed by atoms with Crippen LogP contribution in [-0.2, 0) is 14.8 Å². The number of carbonyl (C=O) groups is 2. The number of piperazine rings is 1. The van der Waals surface area contributed by atoms with Gasteiger partial charge >= 0.3 is 6.09 Å². The standard InChI is InChI=1S/C21H25N3O5S/c1-17-7-9-19(10-8-17)30(27,28)22-12-11-20(25)23-13-15-24(16-14-23)21(26)29-18-5-3-2-4-6-18/h2-10,22H,11-16H2,1H3. The van der Waals surface area contributed by atoms with Crippen molar-refractivity contribution in [2.75, 3.05) is 32.7 Å². The molecule has 2 aromatic rings. The molecule has 1 aliphatic heterocycles. The molecule has 1 N–H and O–H groups in total. The third kappa shape index (κ3) is 5.80. The van der Waals surface area contributed by atoms with Crippen molar-refractivity contribution in [1.29, 1.82) is 0 Å². The van der Waals surface area contributed by atoms with Crippen molar-refractivity contribution in [3.63, 3.8) is 0 Å². The number of para-hydroxylation sites is 1. The average Bonchev–Trinajstić information content (AvgIpc) is 2.74. The van der Waals surface area contributed by atoms with Crippen LogP contribution < -0.4 is 9.46 Å². The minimum atomic E-state index is -3.64. The number of ether oxygens (including phenoxy) is 1. The van der Waals surface area contributed by atoms with Gasteiger partial charge in [0.25, 0.3) is 0 Å². The van der Waals surface area contributed by atoms with Gasteiger partial charge in [-0.15, -0.1) is 0 Å². The second-order valence-electron chi connectivity index (χ2n) is 7.01. The van der Waals surface area contributed by atoms with E-state index in [2.05, 4.69) is 4.72 Å². The van der Waals surface area contributed by atoms with Gasteiger partial charge < -0.3 is 14.5 Å². The zero-order chi connectivity index (χ0) is 21.6. The Bertz CT molecular complexity index is 969. The van der Waals surface area contributed by atoms with Crippen LogP contribution in [-0.4, -0.2) is 62.9 Å². The van der Waals surface area contributed by atoms with Gasteiger partial charge in [0.05, 0.1) is 4.90 Å². The van der Waals surface area contributed by atoms with Crippen LogP contribution in [0.2, 0.25) is 0 Å². The van der Waals surface area contributed by atoms with Gasteiger partial charge in [0.15, 0.2) is 0 Å². The fraction of sp³-hybridized carbons (Fsp3) is 0.333. The molecule has 0 unspecified atom stereocenters. The van der Waals surface area contributed by atoms with E-state index in [0.29, 0.717) is 31.9 Å². The molecule has 1 heterocycles. The van der Waals surface area contributed by atoms with Crippen LogP contribution in [0.5, 0.6) is 5.75 Å². The van der Waals surface area contributed by atoms with Gasteiger partial charge in [0, 0.05) is 39.1 Å². The summed E-state index contributed by atoms with van der Waals surface area (Å²) in [5.41, 5.74) is 0.968. The van der Waals surface area contributed by atoms with Gasteiger partial charge in [-0.2, -0.15) is 0 Å². The highest BCUT2D eigenvalue weighted by molar-refractivity contribution is 7.89. The second-order valence-corrected chi connectivity index (χ2v) is 8.78. The Hall–Kier alpha value is -2.91. The first-order chi connectivity index (χ1) is 14.3. The van der Waals surface area contributed by atoms with Gasteiger partial charge in [-0.3, -0.25) is 4.79 Å². The number of aryl methyl sites for hydroxylation is 1. The van der Waals surface area contributed by atoms with Crippen molar-refractivity contribution < 1.29 is 22.7 Å². The van der Waals surface area contributed by atoms with E-state index < -0.39 is 16.1 Å². The van der Waals surface area contributed by atoms with E-state index in [9.17, 15) is 18.0 Å². The van der Waals surface area contributed by atoms with Crippen molar-refractivity contribution in [3.8, 4) is 5.75 Å². The van der Waals surface area contributed by atoms with Crippen LogP contribution in [0.1, 0.15) is 12.0 Å². The highest BCUT2D eigenvalue weighted by Crippen LogP contribution is 2.13. The molecule has 2 amide bonds. The van der Waals surface area contributed by atoms with Crippen molar-refractivity contribution in [3.05, 3.63) is 60.2 Å². The molecule has 8 nitrogen and oxygen atoms in total. The molecule has 0 bridgehead atoms. The lowest BCUT2D eigenvalue weighted by molar-refractivity contribution is -0.132. The Balaban J connectivity index is 1.42. The maximum absolute atomic E-state index is 12.4. The normalized spacial score (nSPS) is 14.4. The van der Waals surface area contributed by atoms with Gasteiger partial charge in [0.1, 0.15) is 5.75 Å². The summed E-state index contributed by atoms with van der Waals surface area (Å²) in [6, 6.07) is 15.3. The number of rotatable bonds is 6. The van der Waals surface area contributed by atoms with Crippen LogP contribution >= 0.6 is 0 Å². The molecule has 1 saturated heterocycles. The molecule has 9 heteroatoms. The fourth-order valence-corrected chi connectivity index (χ4v) is 4.08. The second kappa shape index (κ2) is 9.73. The lowest BCUT2D eigenvalue weighted by atomic mass is 10.2. The summed E-state index contributed by atoms with van der Waals surface area (Å²) in [7, 11) is -3.64. The van der Waals surface area contributed by atoms with E-state index in [4.69, 9.17) is 4.74 Å². The number of benzene rings is 2. The van der Waals surface area contributed by atoms with Crippen LogP contribution in [0.3, 0.4) is 0 Å². The molecular formula is C21H25N3O5S. The fourth-order valence-electron chi connectivity index (χ4n) is 3.04. The number of nitrogens with one attached hydrogen (secondary N) is 1. The van der Waals surface area contributed by atoms with Crippen molar-refractivity contribution in [1.82, 2.24) is 14.5 Å². The lowest BCUT2D eigenvalue weighted by Gasteiger charge is -2.34. The zero-order valence-electron chi connectivity index (χ0n) is 16.8. The Morgan fingerprint density at radius 2 is 1.53 bits per heavy atom. The summed E-state index contributed by atoms with van der Waals surface area (Å²) < 4.78 is 32.3. The molecule has 3 rings (SSSR count). The van der Waals surface area contributed by atoms with Crippen molar-refractivity contribution >= 4 is 22.0 Å². The summed E-state index contributed by atoms with van der Waals surface area (Å²) in [6.45, 7) is 3.40. The van der Waals surface area contributed by atoms with E-state index in [-0.39, 0.29) is 23.8 Å². The van der Waals surface area contributed by atoms with E-state index in [0.717, 1.165) is 5.56 Å². The molecule has 1 fully saturated rings. The molecule has 0 aromatic heterocycles. The topological polar surface area (TPSA) is 96.0 Å². The summed E-state index contributed by atoms with van der Waals surface area (Å²) >= 11 is 0. The Kier molecular flexibility index (Phi) is 7.07. The molecule has 160 valence electrons. The monoisotopic (exact) mass is 431 g/mol. The highest BCUT2D eigenvalue weighted by atomic mass is 32.2. The van der Waals surface area contributed by atoms with Crippen LogP contribution in [0, 0.1) is 6.92 Å². The largest absolute Gasteiger partial charge is 0.415 e. The van der Waals surface area contributed by atoms with Crippen LogP contribution in [0.15, 0.2) is 59.5 Å². The number of nitrogens with zero attached hydrogens (tertiary/aromatic N) is 2. The SMILES string of the molecule is Cc1ccc(S(=O)(=O)NCCC(=O)N2CCN(C(=O)Oc3ccccc3)CC2)cc1.